The number of sulfonamides is 1. The summed E-state index contributed by atoms with van der Waals surface area (Å²) in [5, 5.41) is 3.32. The van der Waals surface area contributed by atoms with Crippen molar-refractivity contribution in [1.29, 1.82) is 0 Å². The molecule has 0 amide bonds. The van der Waals surface area contributed by atoms with Gasteiger partial charge in [-0.05, 0) is 44.5 Å². The van der Waals surface area contributed by atoms with Crippen LogP contribution in [-0.4, -0.2) is 40.1 Å². The number of ether oxygens (including phenoxy) is 1. The molecule has 2 unspecified atom stereocenters. The molecule has 1 aliphatic rings. The number of nitrogens with one attached hydrogen (secondary N) is 2. The zero-order chi connectivity index (χ0) is 16.3. The Labute approximate surface area is 147 Å². The van der Waals surface area contributed by atoms with Gasteiger partial charge in [-0.1, -0.05) is 11.6 Å². The summed E-state index contributed by atoms with van der Waals surface area (Å²) in [6.45, 7) is 2.79. The summed E-state index contributed by atoms with van der Waals surface area (Å²) in [5.74, 6) is -0.603. The number of piperidine rings is 1. The number of hydrogen-bond donors (Lipinski definition) is 2. The lowest BCUT2D eigenvalue weighted by Crippen LogP contribution is -2.46. The Balaban J connectivity index is 0.00000264. The highest BCUT2D eigenvalue weighted by molar-refractivity contribution is 7.89. The van der Waals surface area contributed by atoms with Crippen LogP contribution in [0.4, 0.5) is 0 Å². The summed E-state index contributed by atoms with van der Waals surface area (Å²) in [4.78, 5) is 11.5. The molecule has 0 bridgehead atoms. The lowest BCUT2D eigenvalue weighted by atomic mass is 10.0. The molecular formula is C14H20Cl2N2O4S. The first-order chi connectivity index (χ1) is 10.3. The monoisotopic (exact) mass is 382 g/mol. The van der Waals surface area contributed by atoms with Gasteiger partial charge in [-0.25, -0.2) is 17.9 Å². The minimum atomic E-state index is -3.67. The number of carbonyl (C=O) groups excluding carboxylic acids is 1. The highest BCUT2D eigenvalue weighted by Crippen LogP contribution is 2.22. The predicted molar refractivity (Wildman–Crippen MR) is 90.8 cm³/mol. The third-order valence-electron chi connectivity index (χ3n) is 3.60. The SMILES string of the molecule is COC(=O)c1ccc(S(=O)(=O)NC2CCNC(C)C2)cc1Cl.Cl. The zero-order valence-corrected chi connectivity index (χ0v) is 15.2. The second-order valence-corrected chi connectivity index (χ2v) is 7.45. The van der Waals surface area contributed by atoms with Crippen molar-refractivity contribution in [1.82, 2.24) is 10.0 Å². The molecule has 9 heteroatoms. The normalized spacial score (nSPS) is 21.3. The van der Waals surface area contributed by atoms with Gasteiger partial charge in [0.15, 0.2) is 0 Å². The Morgan fingerprint density at radius 2 is 2.13 bits per heavy atom. The fourth-order valence-corrected chi connectivity index (χ4v) is 4.10. The quantitative estimate of drug-likeness (QED) is 0.777. The van der Waals surface area contributed by atoms with Gasteiger partial charge in [0.05, 0.1) is 22.6 Å². The number of carbonyl (C=O) groups is 1. The summed E-state index contributed by atoms with van der Waals surface area (Å²) >= 11 is 5.97. The van der Waals surface area contributed by atoms with Crippen molar-refractivity contribution in [2.24, 2.45) is 0 Å². The molecular weight excluding hydrogens is 363 g/mol. The second kappa shape index (κ2) is 8.30. The van der Waals surface area contributed by atoms with Gasteiger partial charge in [0.25, 0.3) is 0 Å². The Hall–Kier alpha value is -0.860. The fraction of sp³-hybridized carbons (Fsp3) is 0.500. The Kier molecular flexibility index (Phi) is 7.29. The van der Waals surface area contributed by atoms with E-state index >= 15 is 0 Å². The first-order valence-corrected chi connectivity index (χ1v) is 8.83. The maximum absolute atomic E-state index is 12.4. The van der Waals surface area contributed by atoms with Gasteiger partial charge in [0.1, 0.15) is 0 Å². The van der Waals surface area contributed by atoms with E-state index in [1.54, 1.807) is 0 Å². The third-order valence-corrected chi connectivity index (χ3v) is 5.43. The van der Waals surface area contributed by atoms with Crippen LogP contribution in [0.25, 0.3) is 0 Å². The molecule has 1 aromatic carbocycles. The van der Waals surface area contributed by atoms with E-state index in [1.807, 2.05) is 6.92 Å². The van der Waals surface area contributed by atoms with E-state index < -0.39 is 16.0 Å². The lowest BCUT2D eigenvalue weighted by Gasteiger charge is -2.28. The van der Waals surface area contributed by atoms with Gasteiger partial charge in [0, 0.05) is 12.1 Å². The number of halogens is 2. The number of benzene rings is 1. The van der Waals surface area contributed by atoms with Crippen LogP contribution in [0.15, 0.2) is 23.1 Å². The highest BCUT2D eigenvalue weighted by atomic mass is 35.5. The molecule has 23 heavy (non-hydrogen) atoms. The van der Waals surface area contributed by atoms with Crippen molar-refractivity contribution in [3.05, 3.63) is 28.8 Å². The van der Waals surface area contributed by atoms with Gasteiger partial charge >= 0.3 is 5.97 Å². The van der Waals surface area contributed by atoms with Gasteiger partial charge < -0.3 is 10.1 Å². The molecule has 0 aromatic heterocycles. The highest BCUT2D eigenvalue weighted by Gasteiger charge is 2.25. The summed E-state index contributed by atoms with van der Waals surface area (Å²) in [7, 11) is -2.43. The second-order valence-electron chi connectivity index (χ2n) is 5.33. The Bertz CT molecular complexity index is 667. The van der Waals surface area contributed by atoms with Gasteiger partial charge in [0.2, 0.25) is 10.0 Å². The van der Waals surface area contributed by atoms with Crippen molar-refractivity contribution >= 4 is 40.0 Å². The Morgan fingerprint density at radius 3 is 2.70 bits per heavy atom. The molecule has 1 fully saturated rings. The molecule has 1 aromatic rings. The van der Waals surface area contributed by atoms with Crippen LogP contribution in [0.3, 0.4) is 0 Å². The number of rotatable bonds is 4. The predicted octanol–water partition coefficient (Wildman–Crippen LogP) is 1.97. The molecule has 0 radical (unpaired) electrons. The molecule has 2 atom stereocenters. The lowest BCUT2D eigenvalue weighted by molar-refractivity contribution is 0.0601. The van der Waals surface area contributed by atoms with Crippen LogP contribution in [0.5, 0.6) is 0 Å². The third kappa shape index (κ3) is 5.06. The molecule has 1 heterocycles. The minimum Gasteiger partial charge on any atom is -0.465 e. The van der Waals surface area contributed by atoms with E-state index in [9.17, 15) is 13.2 Å². The molecule has 6 nitrogen and oxygen atoms in total. The van der Waals surface area contributed by atoms with Crippen molar-refractivity contribution in [2.75, 3.05) is 13.7 Å². The fourth-order valence-electron chi connectivity index (χ4n) is 2.46. The van der Waals surface area contributed by atoms with E-state index in [1.165, 1.54) is 25.3 Å². The van der Waals surface area contributed by atoms with Crippen molar-refractivity contribution in [3.63, 3.8) is 0 Å². The number of esters is 1. The number of hydrogen-bond acceptors (Lipinski definition) is 5. The summed E-state index contributed by atoms with van der Waals surface area (Å²) in [6, 6.07) is 4.13. The number of methoxy groups -OCH3 is 1. The van der Waals surface area contributed by atoms with Crippen molar-refractivity contribution in [2.45, 2.75) is 36.7 Å². The van der Waals surface area contributed by atoms with Crippen LogP contribution >= 0.6 is 24.0 Å². The molecule has 130 valence electrons. The largest absolute Gasteiger partial charge is 0.465 e. The summed E-state index contributed by atoms with van der Waals surface area (Å²) < 4.78 is 32.1. The topological polar surface area (TPSA) is 84.5 Å². The van der Waals surface area contributed by atoms with E-state index in [0.717, 1.165) is 19.4 Å². The van der Waals surface area contributed by atoms with E-state index in [-0.39, 0.29) is 40.0 Å². The van der Waals surface area contributed by atoms with Crippen LogP contribution in [0.2, 0.25) is 5.02 Å². The molecule has 1 saturated heterocycles. The van der Waals surface area contributed by atoms with E-state index in [2.05, 4.69) is 14.8 Å². The van der Waals surface area contributed by atoms with Crippen molar-refractivity contribution < 1.29 is 17.9 Å². The van der Waals surface area contributed by atoms with Gasteiger partial charge in [-0.3, -0.25) is 0 Å². The smallest absolute Gasteiger partial charge is 0.339 e. The summed E-state index contributed by atoms with van der Waals surface area (Å²) in [5.41, 5.74) is 0.138. The molecule has 2 rings (SSSR count). The van der Waals surface area contributed by atoms with Crippen LogP contribution in [-0.2, 0) is 14.8 Å². The molecule has 0 saturated carbocycles. The van der Waals surface area contributed by atoms with Crippen LogP contribution in [0.1, 0.15) is 30.1 Å². The van der Waals surface area contributed by atoms with Crippen LogP contribution < -0.4 is 10.0 Å². The first kappa shape index (κ1) is 20.2. The van der Waals surface area contributed by atoms with Gasteiger partial charge in [-0.2, -0.15) is 0 Å². The van der Waals surface area contributed by atoms with Crippen LogP contribution in [0, 0.1) is 0 Å². The molecule has 1 aliphatic heterocycles. The van der Waals surface area contributed by atoms with E-state index in [0.29, 0.717) is 0 Å². The summed E-state index contributed by atoms with van der Waals surface area (Å²) in [6.07, 6.45) is 1.46. The average molecular weight is 383 g/mol. The molecule has 2 N–H and O–H groups in total. The standard InChI is InChI=1S/C14H19ClN2O4S.ClH/c1-9-7-10(5-6-16-9)17-22(19,20)11-3-4-12(13(15)8-11)14(18)21-2;/h3-4,8-10,16-17H,5-7H2,1-2H3;1H. The zero-order valence-electron chi connectivity index (χ0n) is 12.8. The minimum absolute atomic E-state index is 0. The Morgan fingerprint density at radius 1 is 1.43 bits per heavy atom. The maximum atomic E-state index is 12.4. The molecule has 0 spiro atoms. The van der Waals surface area contributed by atoms with Crippen molar-refractivity contribution in [3.8, 4) is 0 Å². The maximum Gasteiger partial charge on any atom is 0.339 e. The molecule has 0 aliphatic carbocycles. The average Bonchev–Trinajstić information content (AvgIpc) is 2.46. The van der Waals surface area contributed by atoms with E-state index in [4.69, 9.17) is 11.6 Å². The first-order valence-electron chi connectivity index (χ1n) is 6.97. The van der Waals surface area contributed by atoms with Gasteiger partial charge in [-0.15, -0.1) is 12.4 Å².